The molecule has 1 heterocycles. The minimum atomic E-state index is -0.802. The van der Waals surface area contributed by atoms with E-state index in [4.69, 9.17) is 9.47 Å². The number of ketones is 1. The van der Waals surface area contributed by atoms with Crippen molar-refractivity contribution >= 4 is 5.78 Å². The van der Waals surface area contributed by atoms with Gasteiger partial charge in [-0.05, 0) is 45.4 Å². The minimum absolute atomic E-state index is 0.0339. The van der Waals surface area contributed by atoms with Crippen molar-refractivity contribution in [1.29, 1.82) is 0 Å². The summed E-state index contributed by atoms with van der Waals surface area (Å²) in [4.78, 5) is 13.4. The van der Waals surface area contributed by atoms with Gasteiger partial charge in [-0.3, -0.25) is 10.1 Å². The summed E-state index contributed by atoms with van der Waals surface area (Å²) in [7, 11) is 3.21. The summed E-state index contributed by atoms with van der Waals surface area (Å²) < 4.78 is 11.0. The SMILES string of the molecule is COc1ccc2c(c1OC)C(C)(C)NC(C)(c1ccc(C)cc1)C2=O. The maximum Gasteiger partial charge on any atom is 0.187 e. The average Bonchev–Trinajstić information content (AvgIpc) is 2.58. The maximum atomic E-state index is 13.4. The van der Waals surface area contributed by atoms with Crippen LogP contribution in [0.1, 0.15) is 47.8 Å². The number of nitrogens with one attached hydrogen (secondary N) is 1. The van der Waals surface area contributed by atoms with E-state index in [0.29, 0.717) is 17.1 Å². The third-order valence-corrected chi connectivity index (χ3v) is 5.06. The standard InChI is InChI=1S/C21H25NO3/c1-13-7-9-14(10-8-13)21(4)19(23)15-11-12-16(24-5)18(25-6)17(15)20(2,3)22-21/h7-12,22H,1-6H3. The molecule has 1 N–H and O–H groups in total. The molecule has 0 saturated carbocycles. The van der Waals surface area contributed by atoms with Crippen molar-refractivity contribution in [2.45, 2.75) is 38.8 Å². The number of Topliss-reactive ketones (excluding diaryl/α,β-unsaturated/α-hetero) is 1. The summed E-state index contributed by atoms with van der Waals surface area (Å²) in [5, 5.41) is 3.55. The van der Waals surface area contributed by atoms with Gasteiger partial charge in [0.2, 0.25) is 0 Å². The smallest absolute Gasteiger partial charge is 0.187 e. The molecule has 0 aliphatic carbocycles. The summed E-state index contributed by atoms with van der Waals surface area (Å²) in [6.07, 6.45) is 0. The summed E-state index contributed by atoms with van der Waals surface area (Å²) >= 11 is 0. The molecule has 4 nitrogen and oxygen atoms in total. The number of hydrogen-bond acceptors (Lipinski definition) is 4. The lowest BCUT2D eigenvalue weighted by molar-refractivity contribution is 0.0784. The Labute approximate surface area is 149 Å². The topological polar surface area (TPSA) is 47.6 Å². The van der Waals surface area contributed by atoms with Gasteiger partial charge in [0.05, 0.1) is 14.2 Å². The molecule has 0 spiro atoms. The van der Waals surface area contributed by atoms with Crippen molar-refractivity contribution in [3.05, 3.63) is 58.7 Å². The van der Waals surface area contributed by atoms with Crippen LogP contribution in [0.15, 0.2) is 36.4 Å². The van der Waals surface area contributed by atoms with E-state index in [2.05, 4.69) is 19.2 Å². The summed E-state index contributed by atoms with van der Waals surface area (Å²) in [5.74, 6) is 1.27. The second kappa shape index (κ2) is 5.88. The molecule has 25 heavy (non-hydrogen) atoms. The lowest BCUT2D eigenvalue weighted by atomic mass is 9.72. The molecule has 0 radical (unpaired) electrons. The van der Waals surface area contributed by atoms with Crippen LogP contribution in [-0.4, -0.2) is 20.0 Å². The first kappa shape index (κ1) is 17.5. The highest BCUT2D eigenvalue weighted by molar-refractivity contribution is 6.07. The minimum Gasteiger partial charge on any atom is -0.493 e. The van der Waals surface area contributed by atoms with Crippen molar-refractivity contribution in [2.24, 2.45) is 0 Å². The van der Waals surface area contributed by atoms with E-state index in [-0.39, 0.29) is 5.78 Å². The Morgan fingerprint density at radius 2 is 1.56 bits per heavy atom. The number of rotatable bonds is 3. The first-order chi connectivity index (χ1) is 11.7. The van der Waals surface area contributed by atoms with Gasteiger partial charge >= 0.3 is 0 Å². The van der Waals surface area contributed by atoms with Crippen LogP contribution in [0.4, 0.5) is 0 Å². The summed E-state index contributed by atoms with van der Waals surface area (Å²) in [6.45, 7) is 8.11. The highest BCUT2D eigenvalue weighted by Gasteiger charge is 2.48. The molecule has 1 aliphatic heterocycles. The molecule has 0 bridgehead atoms. The Hall–Kier alpha value is -2.33. The van der Waals surface area contributed by atoms with Gasteiger partial charge in [0.25, 0.3) is 0 Å². The number of carbonyl (C=O) groups excluding carboxylic acids is 1. The Kier molecular flexibility index (Phi) is 4.12. The van der Waals surface area contributed by atoms with Crippen LogP contribution >= 0.6 is 0 Å². The zero-order valence-corrected chi connectivity index (χ0v) is 15.7. The average molecular weight is 339 g/mol. The van der Waals surface area contributed by atoms with Crippen LogP contribution < -0.4 is 14.8 Å². The Bertz CT molecular complexity index is 824. The Balaban J connectivity index is 2.23. The predicted molar refractivity (Wildman–Crippen MR) is 98.6 cm³/mol. The quantitative estimate of drug-likeness (QED) is 0.920. The monoisotopic (exact) mass is 339 g/mol. The molecular weight excluding hydrogens is 314 g/mol. The van der Waals surface area contributed by atoms with E-state index in [1.165, 1.54) is 5.56 Å². The normalized spacial score (nSPS) is 21.6. The molecule has 0 amide bonds. The molecule has 0 saturated heterocycles. The number of ether oxygens (including phenoxy) is 2. The molecule has 1 aliphatic rings. The second-order valence-electron chi connectivity index (χ2n) is 7.29. The first-order valence-corrected chi connectivity index (χ1v) is 8.41. The molecule has 0 aromatic heterocycles. The van der Waals surface area contributed by atoms with Crippen LogP contribution in [0, 0.1) is 6.92 Å². The molecule has 132 valence electrons. The number of fused-ring (bicyclic) bond motifs is 1. The zero-order chi connectivity index (χ0) is 18.4. The van der Waals surface area contributed by atoms with Gasteiger partial charge in [-0.25, -0.2) is 0 Å². The van der Waals surface area contributed by atoms with Gasteiger partial charge in [0.1, 0.15) is 5.54 Å². The van der Waals surface area contributed by atoms with Crippen LogP contribution in [-0.2, 0) is 11.1 Å². The van der Waals surface area contributed by atoms with Gasteiger partial charge in [-0.2, -0.15) is 0 Å². The van der Waals surface area contributed by atoms with Crippen molar-refractivity contribution < 1.29 is 14.3 Å². The van der Waals surface area contributed by atoms with E-state index < -0.39 is 11.1 Å². The van der Waals surface area contributed by atoms with Crippen molar-refractivity contribution in [3.8, 4) is 11.5 Å². The summed E-state index contributed by atoms with van der Waals surface area (Å²) in [5.41, 5.74) is 2.36. The van der Waals surface area contributed by atoms with Gasteiger partial charge in [-0.15, -0.1) is 0 Å². The van der Waals surface area contributed by atoms with E-state index in [0.717, 1.165) is 11.1 Å². The molecular formula is C21H25NO3. The highest BCUT2D eigenvalue weighted by atomic mass is 16.5. The molecule has 4 heteroatoms. The predicted octanol–water partition coefficient (Wildman–Crippen LogP) is 3.95. The zero-order valence-electron chi connectivity index (χ0n) is 15.7. The molecule has 0 fully saturated rings. The highest BCUT2D eigenvalue weighted by Crippen LogP contribution is 2.46. The molecule has 3 rings (SSSR count). The number of benzene rings is 2. The van der Waals surface area contributed by atoms with Gasteiger partial charge < -0.3 is 9.47 Å². The first-order valence-electron chi connectivity index (χ1n) is 8.41. The fraction of sp³-hybridized carbons (Fsp3) is 0.381. The number of carbonyl (C=O) groups is 1. The number of methoxy groups -OCH3 is 2. The van der Waals surface area contributed by atoms with E-state index in [1.807, 2.05) is 44.2 Å². The van der Waals surface area contributed by atoms with Gasteiger partial charge in [0.15, 0.2) is 17.3 Å². The molecule has 1 unspecified atom stereocenters. The third kappa shape index (κ3) is 2.61. The molecule has 1 atom stereocenters. The number of hydrogen-bond donors (Lipinski definition) is 1. The van der Waals surface area contributed by atoms with Crippen LogP contribution in [0.5, 0.6) is 11.5 Å². The lowest BCUT2D eigenvalue weighted by Crippen LogP contribution is -2.58. The third-order valence-electron chi connectivity index (χ3n) is 5.06. The number of aryl methyl sites for hydroxylation is 1. The van der Waals surface area contributed by atoms with Crippen LogP contribution in [0.2, 0.25) is 0 Å². The van der Waals surface area contributed by atoms with Gasteiger partial charge in [-0.1, -0.05) is 29.8 Å². The second-order valence-corrected chi connectivity index (χ2v) is 7.29. The largest absolute Gasteiger partial charge is 0.493 e. The van der Waals surface area contributed by atoms with Crippen LogP contribution in [0.25, 0.3) is 0 Å². The molecule has 2 aromatic carbocycles. The Morgan fingerprint density at radius 1 is 0.920 bits per heavy atom. The van der Waals surface area contributed by atoms with Crippen molar-refractivity contribution in [3.63, 3.8) is 0 Å². The van der Waals surface area contributed by atoms with Crippen LogP contribution in [0.3, 0.4) is 0 Å². The van der Waals surface area contributed by atoms with E-state index in [1.54, 1.807) is 20.3 Å². The van der Waals surface area contributed by atoms with Crippen molar-refractivity contribution in [1.82, 2.24) is 5.32 Å². The Morgan fingerprint density at radius 3 is 2.12 bits per heavy atom. The van der Waals surface area contributed by atoms with Gasteiger partial charge in [0, 0.05) is 16.7 Å². The van der Waals surface area contributed by atoms with E-state index in [9.17, 15) is 4.79 Å². The fourth-order valence-electron chi connectivity index (χ4n) is 3.84. The summed E-state index contributed by atoms with van der Waals surface area (Å²) in [6, 6.07) is 11.7. The maximum absolute atomic E-state index is 13.4. The van der Waals surface area contributed by atoms with E-state index >= 15 is 0 Å². The van der Waals surface area contributed by atoms with Crippen molar-refractivity contribution in [2.75, 3.05) is 14.2 Å². The molecule has 2 aromatic rings. The fourth-order valence-corrected chi connectivity index (χ4v) is 3.84. The lowest BCUT2D eigenvalue weighted by Gasteiger charge is -2.45.